The number of rotatable bonds is 4. The van der Waals surface area contributed by atoms with Gasteiger partial charge in [-0.05, 0) is 48.8 Å². The van der Waals surface area contributed by atoms with Gasteiger partial charge in [0.25, 0.3) is 0 Å². The minimum atomic E-state index is -0.237. The Kier molecular flexibility index (Phi) is 4.08. The summed E-state index contributed by atoms with van der Waals surface area (Å²) < 4.78 is 5.31. The van der Waals surface area contributed by atoms with Gasteiger partial charge in [0.1, 0.15) is 0 Å². The Labute approximate surface area is 135 Å². The summed E-state index contributed by atoms with van der Waals surface area (Å²) in [5.41, 5.74) is 2.33. The molecule has 3 aromatic rings. The molecule has 0 fully saturated rings. The Balaban J connectivity index is 1.88. The maximum absolute atomic E-state index is 12.2. The van der Waals surface area contributed by atoms with Crippen LogP contribution in [0, 0.1) is 6.92 Å². The molecule has 0 saturated heterocycles. The fraction of sp³-hybridized carbons (Fsp3) is 0.0714. The monoisotopic (exact) mass is 331 g/mol. The van der Waals surface area contributed by atoms with E-state index >= 15 is 0 Å². The molecular formula is C14H10ClN5OS. The predicted octanol–water partition coefficient (Wildman–Crippen LogP) is 2.98. The smallest absolute Gasteiger partial charge is 0.208 e. The number of allylic oxidation sites excluding steroid dienone is 1. The van der Waals surface area contributed by atoms with Gasteiger partial charge in [0, 0.05) is 10.4 Å². The SMILES string of the molecule is Cc1c(C(=O)/C=C\c2csnn2)nnn1-c1cccc(Cl)c1. The summed E-state index contributed by atoms with van der Waals surface area (Å²) in [7, 11) is 0. The molecule has 6 nitrogen and oxygen atoms in total. The highest BCUT2D eigenvalue weighted by molar-refractivity contribution is 7.03. The van der Waals surface area contributed by atoms with E-state index in [1.165, 1.54) is 17.6 Å². The van der Waals surface area contributed by atoms with Crippen LogP contribution in [0.4, 0.5) is 0 Å². The lowest BCUT2D eigenvalue weighted by molar-refractivity contribution is 0.104. The van der Waals surface area contributed by atoms with Crippen LogP contribution in [0.2, 0.25) is 5.02 Å². The van der Waals surface area contributed by atoms with Gasteiger partial charge in [0.15, 0.2) is 5.69 Å². The summed E-state index contributed by atoms with van der Waals surface area (Å²) >= 11 is 7.20. The zero-order valence-corrected chi connectivity index (χ0v) is 13.0. The summed E-state index contributed by atoms with van der Waals surface area (Å²) in [5.74, 6) is -0.237. The summed E-state index contributed by atoms with van der Waals surface area (Å²) in [5, 5.41) is 14.2. The molecular weight excluding hydrogens is 322 g/mol. The molecule has 0 aliphatic carbocycles. The number of halogens is 1. The van der Waals surface area contributed by atoms with Gasteiger partial charge in [-0.25, -0.2) is 4.68 Å². The van der Waals surface area contributed by atoms with Crippen molar-refractivity contribution in [1.29, 1.82) is 0 Å². The molecule has 110 valence electrons. The average Bonchev–Trinajstić information content (AvgIpc) is 3.14. The van der Waals surface area contributed by atoms with Crippen molar-refractivity contribution in [1.82, 2.24) is 24.6 Å². The van der Waals surface area contributed by atoms with Crippen molar-refractivity contribution >= 4 is 35.0 Å². The number of aromatic nitrogens is 5. The van der Waals surface area contributed by atoms with Gasteiger partial charge >= 0.3 is 0 Å². The Morgan fingerprint density at radius 2 is 2.23 bits per heavy atom. The normalized spacial score (nSPS) is 11.2. The molecule has 0 amide bonds. The quantitative estimate of drug-likeness (QED) is 0.543. The Morgan fingerprint density at radius 3 is 2.95 bits per heavy atom. The van der Waals surface area contributed by atoms with Crippen molar-refractivity contribution in [2.24, 2.45) is 0 Å². The van der Waals surface area contributed by atoms with Gasteiger partial charge in [0.05, 0.1) is 17.1 Å². The van der Waals surface area contributed by atoms with Gasteiger partial charge in [-0.2, -0.15) is 0 Å². The first-order chi connectivity index (χ1) is 10.6. The number of ketones is 1. The lowest BCUT2D eigenvalue weighted by atomic mass is 10.2. The Morgan fingerprint density at radius 1 is 1.36 bits per heavy atom. The van der Waals surface area contributed by atoms with E-state index in [9.17, 15) is 4.79 Å². The van der Waals surface area contributed by atoms with Crippen LogP contribution < -0.4 is 0 Å². The van der Waals surface area contributed by atoms with Crippen molar-refractivity contribution in [3.8, 4) is 5.69 Å². The first kappa shape index (κ1) is 14.6. The zero-order chi connectivity index (χ0) is 15.5. The summed E-state index contributed by atoms with van der Waals surface area (Å²) in [6, 6.07) is 7.19. The summed E-state index contributed by atoms with van der Waals surface area (Å²) in [6.45, 7) is 1.78. The van der Waals surface area contributed by atoms with E-state index in [2.05, 4.69) is 19.9 Å². The van der Waals surface area contributed by atoms with Crippen LogP contribution in [0.25, 0.3) is 11.8 Å². The van der Waals surface area contributed by atoms with Crippen LogP contribution in [0.1, 0.15) is 21.9 Å². The van der Waals surface area contributed by atoms with Crippen molar-refractivity contribution < 1.29 is 4.79 Å². The van der Waals surface area contributed by atoms with Gasteiger partial charge < -0.3 is 0 Å². The van der Waals surface area contributed by atoms with E-state index in [0.29, 0.717) is 22.1 Å². The minimum Gasteiger partial charge on any atom is -0.287 e. The maximum atomic E-state index is 12.2. The molecule has 0 N–H and O–H groups in total. The second-order valence-electron chi connectivity index (χ2n) is 4.44. The van der Waals surface area contributed by atoms with E-state index in [1.54, 1.807) is 35.2 Å². The number of hydrogen-bond donors (Lipinski definition) is 0. The predicted molar refractivity (Wildman–Crippen MR) is 84.4 cm³/mol. The van der Waals surface area contributed by atoms with Crippen molar-refractivity contribution in [3.63, 3.8) is 0 Å². The molecule has 2 heterocycles. The molecule has 0 radical (unpaired) electrons. The molecule has 22 heavy (non-hydrogen) atoms. The third kappa shape index (κ3) is 2.95. The minimum absolute atomic E-state index is 0.237. The highest BCUT2D eigenvalue weighted by atomic mass is 35.5. The standard InChI is InChI=1S/C14H10ClN5OS/c1-9-14(13(21)6-5-11-8-22-19-16-11)17-18-20(9)12-4-2-3-10(15)7-12/h2-8H,1H3/b6-5-. The number of hydrogen-bond acceptors (Lipinski definition) is 6. The molecule has 3 rings (SSSR count). The van der Waals surface area contributed by atoms with E-state index in [0.717, 1.165) is 5.69 Å². The lowest BCUT2D eigenvalue weighted by Gasteiger charge is -2.03. The van der Waals surface area contributed by atoms with E-state index in [1.807, 2.05) is 12.1 Å². The number of nitrogens with zero attached hydrogens (tertiary/aromatic N) is 5. The van der Waals surface area contributed by atoms with Crippen LogP contribution in [-0.2, 0) is 0 Å². The second-order valence-corrected chi connectivity index (χ2v) is 5.49. The van der Waals surface area contributed by atoms with E-state index in [4.69, 9.17) is 11.6 Å². The third-order valence-corrected chi connectivity index (χ3v) is 3.72. The average molecular weight is 332 g/mol. The largest absolute Gasteiger partial charge is 0.287 e. The molecule has 0 spiro atoms. The summed E-state index contributed by atoms with van der Waals surface area (Å²) in [4.78, 5) is 12.2. The van der Waals surface area contributed by atoms with Crippen LogP contribution in [0.15, 0.2) is 35.7 Å². The van der Waals surface area contributed by atoms with Crippen molar-refractivity contribution in [3.05, 3.63) is 57.8 Å². The highest BCUT2D eigenvalue weighted by Crippen LogP contribution is 2.17. The molecule has 0 saturated carbocycles. The zero-order valence-electron chi connectivity index (χ0n) is 11.5. The lowest BCUT2D eigenvalue weighted by Crippen LogP contribution is -2.01. The fourth-order valence-electron chi connectivity index (χ4n) is 1.89. The van der Waals surface area contributed by atoms with Crippen molar-refractivity contribution in [2.45, 2.75) is 6.92 Å². The first-order valence-corrected chi connectivity index (χ1v) is 7.54. The van der Waals surface area contributed by atoms with Crippen LogP contribution >= 0.6 is 23.1 Å². The van der Waals surface area contributed by atoms with Gasteiger partial charge in [-0.1, -0.05) is 27.4 Å². The molecule has 0 bridgehead atoms. The van der Waals surface area contributed by atoms with Crippen LogP contribution in [0.5, 0.6) is 0 Å². The molecule has 0 aliphatic heterocycles. The van der Waals surface area contributed by atoms with Gasteiger partial charge in [0.2, 0.25) is 5.78 Å². The summed E-state index contributed by atoms with van der Waals surface area (Å²) in [6.07, 6.45) is 3.01. The molecule has 8 heteroatoms. The first-order valence-electron chi connectivity index (χ1n) is 6.33. The van der Waals surface area contributed by atoms with Crippen molar-refractivity contribution in [2.75, 3.05) is 0 Å². The molecule has 0 aliphatic rings. The molecule has 2 aromatic heterocycles. The van der Waals surface area contributed by atoms with E-state index in [-0.39, 0.29) is 5.78 Å². The number of carbonyl (C=O) groups is 1. The molecule has 0 atom stereocenters. The highest BCUT2D eigenvalue weighted by Gasteiger charge is 2.15. The Hall–Kier alpha value is -2.38. The number of carbonyl (C=O) groups excluding carboxylic acids is 1. The maximum Gasteiger partial charge on any atom is 0.208 e. The van der Waals surface area contributed by atoms with Crippen LogP contribution in [-0.4, -0.2) is 30.4 Å². The second kappa shape index (κ2) is 6.17. The van der Waals surface area contributed by atoms with Gasteiger partial charge in [-0.3, -0.25) is 4.79 Å². The Bertz CT molecular complexity index is 841. The fourth-order valence-corrected chi connectivity index (χ4v) is 2.50. The number of benzene rings is 1. The van der Waals surface area contributed by atoms with Gasteiger partial charge in [-0.15, -0.1) is 10.2 Å². The topological polar surface area (TPSA) is 73.6 Å². The van der Waals surface area contributed by atoms with E-state index < -0.39 is 0 Å². The third-order valence-electron chi connectivity index (χ3n) is 2.96. The van der Waals surface area contributed by atoms with Crippen LogP contribution in [0.3, 0.4) is 0 Å². The molecule has 1 aromatic carbocycles. The molecule has 0 unspecified atom stereocenters.